The maximum atomic E-state index is 11.4. The van der Waals surface area contributed by atoms with E-state index >= 15 is 0 Å². The summed E-state index contributed by atoms with van der Waals surface area (Å²) in [5.74, 6) is -1.42. The van der Waals surface area contributed by atoms with Crippen LogP contribution in [0.5, 0.6) is 0 Å². The molecule has 0 aliphatic carbocycles. The monoisotopic (exact) mass is 276 g/mol. The molecule has 5 nitrogen and oxygen atoms in total. The summed E-state index contributed by atoms with van der Waals surface area (Å²) in [5, 5.41) is 14.1. The van der Waals surface area contributed by atoms with E-state index in [1.54, 1.807) is 12.1 Å². The molecule has 0 radical (unpaired) electrons. The minimum absolute atomic E-state index is 0.116. The van der Waals surface area contributed by atoms with Crippen molar-refractivity contribution in [2.24, 2.45) is 0 Å². The molecule has 0 fully saturated rings. The van der Waals surface area contributed by atoms with E-state index in [4.69, 9.17) is 28.3 Å². The number of anilines is 1. The van der Waals surface area contributed by atoms with Gasteiger partial charge in [0.15, 0.2) is 0 Å². The fraction of sp³-hybridized carbons (Fsp3) is 0.200. The van der Waals surface area contributed by atoms with Gasteiger partial charge >= 0.3 is 5.97 Å². The maximum absolute atomic E-state index is 11.4. The summed E-state index contributed by atoms with van der Waals surface area (Å²) < 4.78 is 0. The first kappa shape index (κ1) is 13.8. The molecule has 0 atom stereocenters. The number of rotatable bonds is 5. The Hall–Kier alpha value is -1.30. The number of carboxylic acids is 1. The topological polar surface area (TPSA) is 78.4 Å². The molecule has 7 heteroatoms. The summed E-state index contributed by atoms with van der Waals surface area (Å²) in [6, 6.07) is 4.67. The largest absolute Gasteiger partial charge is 0.480 e. The third-order valence-corrected chi connectivity index (χ3v) is 2.33. The number of hydrogen-bond donors (Lipinski definition) is 3. The SMILES string of the molecule is O=C(O)CNCC(=O)Nc1cc(Cl)ccc1Cl. The van der Waals surface area contributed by atoms with Crippen LogP contribution in [-0.2, 0) is 9.59 Å². The minimum Gasteiger partial charge on any atom is -0.480 e. The van der Waals surface area contributed by atoms with Crippen molar-refractivity contribution >= 4 is 40.8 Å². The molecular formula is C10H10Cl2N2O3. The molecule has 92 valence electrons. The van der Waals surface area contributed by atoms with Crippen LogP contribution < -0.4 is 10.6 Å². The molecule has 17 heavy (non-hydrogen) atoms. The average Bonchev–Trinajstić information content (AvgIpc) is 2.23. The number of carbonyl (C=O) groups excluding carboxylic acids is 1. The van der Waals surface area contributed by atoms with Gasteiger partial charge in [0.25, 0.3) is 0 Å². The van der Waals surface area contributed by atoms with Gasteiger partial charge in [0.1, 0.15) is 0 Å². The smallest absolute Gasteiger partial charge is 0.317 e. The summed E-state index contributed by atoms with van der Waals surface area (Å²) in [6.07, 6.45) is 0. The fourth-order valence-electron chi connectivity index (χ4n) is 1.07. The first-order valence-electron chi connectivity index (χ1n) is 4.66. The van der Waals surface area contributed by atoms with E-state index in [0.29, 0.717) is 15.7 Å². The Labute approximate surface area is 108 Å². The number of amides is 1. The normalized spacial score (nSPS) is 10.0. The number of halogens is 2. The fourth-order valence-corrected chi connectivity index (χ4v) is 1.41. The highest BCUT2D eigenvalue weighted by molar-refractivity contribution is 6.35. The van der Waals surface area contributed by atoms with Gasteiger partial charge in [-0.05, 0) is 18.2 Å². The zero-order valence-corrected chi connectivity index (χ0v) is 10.2. The molecule has 1 rings (SSSR count). The third kappa shape index (κ3) is 5.04. The van der Waals surface area contributed by atoms with Gasteiger partial charge in [-0.1, -0.05) is 23.2 Å². The number of aliphatic carboxylic acids is 1. The van der Waals surface area contributed by atoms with Crippen LogP contribution in [0.4, 0.5) is 5.69 Å². The van der Waals surface area contributed by atoms with Crippen LogP contribution in [0.25, 0.3) is 0 Å². The van der Waals surface area contributed by atoms with E-state index in [-0.39, 0.29) is 13.1 Å². The lowest BCUT2D eigenvalue weighted by molar-refractivity contribution is -0.135. The zero-order valence-electron chi connectivity index (χ0n) is 8.67. The van der Waals surface area contributed by atoms with Gasteiger partial charge in [0.05, 0.1) is 23.8 Å². The van der Waals surface area contributed by atoms with Crippen molar-refractivity contribution in [2.75, 3.05) is 18.4 Å². The van der Waals surface area contributed by atoms with Crippen molar-refractivity contribution in [3.8, 4) is 0 Å². The van der Waals surface area contributed by atoms with Crippen LogP contribution in [0.3, 0.4) is 0 Å². The lowest BCUT2D eigenvalue weighted by Crippen LogP contribution is -2.31. The van der Waals surface area contributed by atoms with E-state index in [9.17, 15) is 9.59 Å². The second-order valence-corrected chi connectivity index (χ2v) is 4.01. The summed E-state index contributed by atoms with van der Waals surface area (Å²) in [5.41, 5.74) is 0.390. The Morgan fingerprint density at radius 1 is 1.24 bits per heavy atom. The second-order valence-electron chi connectivity index (χ2n) is 3.17. The van der Waals surface area contributed by atoms with Crippen LogP contribution in [0, 0.1) is 0 Å². The van der Waals surface area contributed by atoms with Gasteiger partial charge < -0.3 is 10.4 Å². The van der Waals surface area contributed by atoms with Gasteiger partial charge in [-0.25, -0.2) is 0 Å². The Kier molecular flexibility index (Phi) is 5.21. The molecule has 0 aromatic heterocycles. The maximum Gasteiger partial charge on any atom is 0.317 e. The standard InChI is InChI=1S/C10H10Cl2N2O3/c11-6-1-2-7(12)8(3-6)14-9(15)4-13-5-10(16)17/h1-3,13H,4-5H2,(H,14,15)(H,16,17). The predicted molar refractivity (Wildman–Crippen MR) is 65.6 cm³/mol. The molecular weight excluding hydrogens is 267 g/mol. The summed E-state index contributed by atoms with van der Waals surface area (Å²) in [4.78, 5) is 21.6. The van der Waals surface area contributed by atoms with Gasteiger partial charge in [-0.3, -0.25) is 14.9 Å². The van der Waals surface area contributed by atoms with Crippen molar-refractivity contribution < 1.29 is 14.7 Å². The molecule has 3 N–H and O–H groups in total. The average molecular weight is 277 g/mol. The summed E-state index contributed by atoms with van der Waals surface area (Å²) in [7, 11) is 0. The number of benzene rings is 1. The Bertz CT molecular complexity index is 438. The van der Waals surface area contributed by atoms with Crippen LogP contribution in [-0.4, -0.2) is 30.1 Å². The van der Waals surface area contributed by atoms with Crippen molar-refractivity contribution in [3.05, 3.63) is 28.2 Å². The van der Waals surface area contributed by atoms with E-state index in [0.717, 1.165) is 0 Å². The minimum atomic E-state index is -1.03. The van der Waals surface area contributed by atoms with Gasteiger partial charge in [0, 0.05) is 5.02 Å². The van der Waals surface area contributed by atoms with Crippen molar-refractivity contribution in [1.29, 1.82) is 0 Å². The van der Waals surface area contributed by atoms with Crippen LogP contribution >= 0.6 is 23.2 Å². The van der Waals surface area contributed by atoms with Crippen LogP contribution in [0.2, 0.25) is 10.0 Å². The number of carbonyl (C=O) groups is 2. The zero-order chi connectivity index (χ0) is 12.8. The highest BCUT2D eigenvalue weighted by atomic mass is 35.5. The Morgan fingerprint density at radius 2 is 1.94 bits per heavy atom. The van der Waals surface area contributed by atoms with Crippen LogP contribution in [0.1, 0.15) is 0 Å². The first-order valence-corrected chi connectivity index (χ1v) is 5.42. The van der Waals surface area contributed by atoms with Crippen LogP contribution in [0.15, 0.2) is 18.2 Å². The molecule has 0 spiro atoms. The highest BCUT2D eigenvalue weighted by Crippen LogP contribution is 2.25. The number of hydrogen-bond acceptors (Lipinski definition) is 3. The van der Waals surface area contributed by atoms with Gasteiger partial charge in [-0.2, -0.15) is 0 Å². The Balaban J connectivity index is 2.50. The van der Waals surface area contributed by atoms with Crippen molar-refractivity contribution in [2.45, 2.75) is 0 Å². The third-order valence-electron chi connectivity index (χ3n) is 1.76. The predicted octanol–water partition coefficient (Wildman–Crippen LogP) is 1.61. The summed E-state index contributed by atoms with van der Waals surface area (Å²) >= 11 is 11.6. The van der Waals surface area contributed by atoms with E-state index in [1.807, 2.05) is 0 Å². The summed E-state index contributed by atoms with van der Waals surface area (Å²) in [6.45, 7) is -0.397. The molecule has 0 heterocycles. The van der Waals surface area contributed by atoms with Crippen molar-refractivity contribution in [3.63, 3.8) is 0 Å². The van der Waals surface area contributed by atoms with Gasteiger partial charge in [-0.15, -0.1) is 0 Å². The first-order chi connectivity index (χ1) is 7.99. The van der Waals surface area contributed by atoms with E-state index < -0.39 is 11.9 Å². The molecule has 1 aromatic carbocycles. The second kappa shape index (κ2) is 6.44. The number of carboxylic acid groups (broad SMARTS) is 1. The molecule has 0 saturated carbocycles. The van der Waals surface area contributed by atoms with E-state index in [2.05, 4.69) is 10.6 Å². The molecule has 1 amide bonds. The molecule has 0 bridgehead atoms. The molecule has 0 saturated heterocycles. The molecule has 0 unspecified atom stereocenters. The number of nitrogens with one attached hydrogen (secondary N) is 2. The Morgan fingerprint density at radius 3 is 2.59 bits per heavy atom. The van der Waals surface area contributed by atoms with E-state index in [1.165, 1.54) is 6.07 Å². The molecule has 0 aliphatic heterocycles. The lowest BCUT2D eigenvalue weighted by atomic mass is 10.3. The lowest BCUT2D eigenvalue weighted by Gasteiger charge is -2.07. The van der Waals surface area contributed by atoms with Crippen molar-refractivity contribution in [1.82, 2.24) is 5.32 Å². The molecule has 1 aromatic rings. The van der Waals surface area contributed by atoms with Gasteiger partial charge in [0.2, 0.25) is 5.91 Å². The molecule has 0 aliphatic rings. The quantitative estimate of drug-likeness (QED) is 0.764. The highest BCUT2D eigenvalue weighted by Gasteiger charge is 2.06.